The number of aliphatic hydroxyl groups is 1. The first kappa shape index (κ1) is 13.5. The summed E-state index contributed by atoms with van der Waals surface area (Å²) in [5.74, 6) is -0.706. The summed E-state index contributed by atoms with van der Waals surface area (Å²) in [6.07, 6.45) is 5.06. The van der Waals surface area contributed by atoms with Crippen molar-refractivity contribution in [3.8, 4) is 0 Å². The van der Waals surface area contributed by atoms with Gasteiger partial charge in [0.2, 0.25) is 0 Å². The summed E-state index contributed by atoms with van der Waals surface area (Å²) in [5.41, 5.74) is 0. The lowest BCUT2D eigenvalue weighted by Gasteiger charge is -2.26. The van der Waals surface area contributed by atoms with Gasteiger partial charge in [-0.15, -0.1) is 0 Å². The molecule has 0 radical (unpaired) electrons. The molecular weight excluding hydrogens is 206 g/mol. The van der Waals surface area contributed by atoms with Crippen LogP contribution < -0.4 is 0 Å². The first-order chi connectivity index (χ1) is 7.61. The highest BCUT2D eigenvalue weighted by Crippen LogP contribution is 2.20. The van der Waals surface area contributed by atoms with Crippen molar-refractivity contribution in [3.05, 3.63) is 0 Å². The van der Waals surface area contributed by atoms with Gasteiger partial charge >= 0.3 is 5.97 Å². The molecule has 94 valence electrons. The highest BCUT2D eigenvalue weighted by molar-refractivity contribution is 5.66. The number of aliphatic carboxylic acids is 1. The van der Waals surface area contributed by atoms with Crippen molar-refractivity contribution in [1.29, 1.82) is 0 Å². The highest BCUT2D eigenvalue weighted by Gasteiger charge is 2.27. The fraction of sp³-hybridized carbons (Fsp3) is 0.917. The first-order valence-electron chi connectivity index (χ1n) is 6.25. The number of unbranched alkanes of at least 4 members (excludes halogenated alkanes) is 2. The molecule has 2 atom stereocenters. The summed E-state index contributed by atoms with van der Waals surface area (Å²) in [7, 11) is 0. The van der Waals surface area contributed by atoms with Gasteiger partial charge < -0.3 is 10.2 Å². The van der Waals surface area contributed by atoms with Gasteiger partial charge in [-0.2, -0.15) is 0 Å². The number of aliphatic hydroxyl groups excluding tert-OH is 1. The third-order valence-electron chi connectivity index (χ3n) is 3.31. The molecule has 0 aromatic carbocycles. The number of carboxylic acid groups (broad SMARTS) is 1. The molecule has 1 rings (SSSR count). The van der Waals surface area contributed by atoms with E-state index in [-0.39, 0.29) is 12.5 Å². The van der Waals surface area contributed by atoms with Crippen LogP contribution in [0.15, 0.2) is 0 Å². The molecule has 1 fully saturated rings. The lowest BCUT2D eigenvalue weighted by atomic mass is 10.1. The van der Waals surface area contributed by atoms with Crippen LogP contribution in [0.4, 0.5) is 0 Å². The van der Waals surface area contributed by atoms with Crippen molar-refractivity contribution >= 4 is 5.97 Å². The Labute approximate surface area is 97.3 Å². The van der Waals surface area contributed by atoms with Gasteiger partial charge in [0.25, 0.3) is 0 Å². The molecule has 1 heterocycles. The molecule has 2 N–H and O–H groups in total. The van der Waals surface area contributed by atoms with E-state index in [4.69, 9.17) is 5.11 Å². The Morgan fingerprint density at radius 1 is 1.44 bits per heavy atom. The van der Waals surface area contributed by atoms with Crippen LogP contribution in [-0.2, 0) is 4.79 Å². The topological polar surface area (TPSA) is 60.8 Å². The molecule has 0 aromatic heterocycles. The molecule has 0 saturated carbocycles. The van der Waals surface area contributed by atoms with Gasteiger partial charge in [0, 0.05) is 12.5 Å². The lowest BCUT2D eigenvalue weighted by Crippen LogP contribution is -2.37. The zero-order chi connectivity index (χ0) is 12.0. The van der Waals surface area contributed by atoms with Crippen LogP contribution in [0.2, 0.25) is 0 Å². The van der Waals surface area contributed by atoms with Crippen LogP contribution in [-0.4, -0.2) is 46.3 Å². The minimum atomic E-state index is -0.706. The normalized spacial score (nSPS) is 23.5. The summed E-state index contributed by atoms with van der Waals surface area (Å²) in [6, 6.07) is 0.319. The summed E-state index contributed by atoms with van der Waals surface area (Å²) in [4.78, 5) is 12.7. The molecule has 1 aliphatic rings. The molecule has 1 saturated heterocycles. The Balaban J connectivity index is 2.10. The second kappa shape index (κ2) is 6.86. The Morgan fingerprint density at radius 3 is 2.81 bits per heavy atom. The number of nitrogens with zero attached hydrogens (tertiary/aromatic N) is 1. The van der Waals surface area contributed by atoms with Crippen molar-refractivity contribution in [1.82, 2.24) is 4.90 Å². The standard InChI is InChI=1S/C12H23NO3/c1-10(14)11-6-5-9-13(11)8-4-2-3-7-12(15)16/h10-11,14H,2-9H2,1H3,(H,15,16)/t10?,11-/m1/s1. The van der Waals surface area contributed by atoms with Crippen LogP contribution in [0.5, 0.6) is 0 Å². The second-order valence-corrected chi connectivity index (χ2v) is 4.69. The van der Waals surface area contributed by atoms with E-state index in [2.05, 4.69) is 4.90 Å². The molecule has 1 aliphatic heterocycles. The van der Waals surface area contributed by atoms with Gasteiger partial charge in [0.15, 0.2) is 0 Å². The highest BCUT2D eigenvalue weighted by atomic mass is 16.4. The van der Waals surface area contributed by atoms with E-state index >= 15 is 0 Å². The van der Waals surface area contributed by atoms with E-state index in [0.717, 1.165) is 38.8 Å². The van der Waals surface area contributed by atoms with Crippen LogP contribution in [0.25, 0.3) is 0 Å². The van der Waals surface area contributed by atoms with Gasteiger partial charge in [-0.05, 0) is 45.7 Å². The lowest BCUT2D eigenvalue weighted by molar-refractivity contribution is -0.137. The summed E-state index contributed by atoms with van der Waals surface area (Å²) >= 11 is 0. The molecule has 4 nitrogen and oxygen atoms in total. The Hall–Kier alpha value is -0.610. The molecular formula is C12H23NO3. The van der Waals surface area contributed by atoms with Gasteiger partial charge in [-0.3, -0.25) is 9.69 Å². The number of likely N-dealkylation sites (tertiary alicyclic amines) is 1. The molecule has 0 bridgehead atoms. The van der Waals surface area contributed by atoms with E-state index in [0.29, 0.717) is 6.04 Å². The fourth-order valence-electron chi connectivity index (χ4n) is 2.44. The third-order valence-corrected chi connectivity index (χ3v) is 3.31. The maximum atomic E-state index is 10.3. The van der Waals surface area contributed by atoms with E-state index in [1.165, 1.54) is 6.42 Å². The van der Waals surface area contributed by atoms with Crippen LogP contribution in [0, 0.1) is 0 Å². The minimum Gasteiger partial charge on any atom is -0.481 e. The summed E-state index contributed by atoms with van der Waals surface area (Å²) < 4.78 is 0. The van der Waals surface area contributed by atoms with E-state index in [1.807, 2.05) is 6.92 Å². The predicted octanol–water partition coefficient (Wildman–Crippen LogP) is 1.48. The summed E-state index contributed by atoms with van der Waals surface area (Å²) in [5, 5.41) is 18.1. The minimum absolute atomic E-state index is 0.249. The van der Waals surface area contributed by atoms with Gasteiger partial charge in [0.05, 0.1) is 6.10 Å². The first-order valence-corrected chi connectivity index (χ1v) is 6.25. The number of rotatable bonds is 7. The SMILES string of the molecule is CC(O)[C@H]1CCCN1CCCCCC(=O)O. The Kier molecular flexibility index (Phi) is 5.77. The molecule has 0 amide bonds. The molecule has 0 aliphatic carbocycles. The van der Waals surface area contributed by atoms with Crippen molar-refractivity contribution in [3.63, 3.8) is 0 Å². The number of hydrogen-bond acceptors (Lipinski definition) is 3. The molecule has 1 unspecified atom stereocenters. The number of carboxylic acids is 1. The van der Waals surface area contributed by atoms with E-state index in [9.17, 15) is 9.90 Å². The third kappa shape index (κ3) is 4.49. The van der Waals surface area contributed by atoms with Gasteiger partial charge in [0.1, 0.15) is 0 Å². The average Bonchev–Trinajstić information content (AvgIpc) is 2.65. The quantitative estimate of drug-likeness (QED) is 0.649. The van der Waals surface area contributed by atoms with E-state index < -0.39 is 5.97 Å². The monoisotopic (exact) mass is 229 g/mol. The second-order valence-electron chi connectivity index (χ2n) is 4.69. The zero-order valence-electron chi connectivity index (χ0n) is 10.1. The molecule has 0 spiro atoms. The van der Waals surface area contributed by atoms with Crippen molar-refractivity contribution < 1.29 is 15.0 Å². The molecule has 4 heteroatoms. The van der Waals surface area contributed by atoms with Crippen molar-refractivity contribution in [2.75, 3.05) is 13.1 Å². The Morgan fingerprint density at radius 2 is 2.19 bits per heavy atom. The smallest absolute Gasteiger partial charge is 0.303 e. The van der Waals surface area contributed by atoms with Crippen molar-refractivity contribution in [2.45, 2.75) is 57.6 Å². The molecule has 16 heavy (non-hydrogen) atoms. The Bertz CT molecular complexity index is 218. The zero-order valence-corrected chi connectivity index (χ0v) is 10.1. The maximum absolute atomic E-state index is 10.3. The van der Waals surface area contributed by atoms with Crippen LogP contribution >= 0.6 is 0 Å². The number of hydrogen-bond donors (Lipinski definition) is 2. The van der Waals surface area contributed by atoms with Crippen LogP contribution in [0.1, 0.15) is 45.4 Å². The van der Waals surface area contributed by atoms with Crippen molar-refractivity contribution in [2.24, 2.45) is 0 Å². The predicted molar refractivity (Wildman–Crippen MR) is 62.4 cm³/mol. The van der Waals surface area contributed by atoms with Gasteiger partial charge in [-0.25, -0.2) is 0 Å². The summed E-state index contributed by atoms with van der Waals surface area (Å²) in [6.45, 7) is 3.93. The fourth-order valence-corrected chi connectivity index (χ4v) is 2.44. The van der Waals surface area contributed by atoms with E-state index in [1.54, 1.807) is 0 Å². The largest absolute Gasteiger partial charge is 0.481 e. The van der Waals surface area contributed by atoms with Crippen LogP contribution in [0.3, 0.4) is 0 Å². The maximum Gasteiger partial charge on any atom is 0.303 e. The average molecular weight is 229 g/mol. The number of carbonyl (C=O) groups is 1. The molecule has 0 aromatic rings. The van der Waals surface area contributed by atoms with Gasteiger partial charge in [-0.1, -0.05) is 6.42 Å².